The molecule has 0 unspecified atom stereocenters. The number of ether oxygens (including phenoxy) is 10. The van der Waals surface area contributed by atoms with Gasteiger partial charge in [0.15, 0.2) is 31.5 Å². The molecule has 0 aromatic carbocycles. The first-order valence-electron chi connectivity index (χ1n) is 28.4. The lowest BCUT2D eigenvalue weighted by atomic mass is 9.94. The number of nitrogens with one attached hydrogen (secondary N) is 2. The van der Waals surface area contributed by atoms with Crippen LogP contribution in [0.2, 0.25) is 0 Å². The maximum absolute atomic E-state index is 12.6. The summed E-state index contributed by atoms with van der Waals surface area (Å²) in [6.45, 7) is -0.675. The van der Waals surface area contributed by atoms with Gasteiger partial charge < -0.3 is 140 Å². The minimum Gasteiger partial charge on any atom is -0.394 e. The maximum atomic E-state index is 12.6. The summed E-state index contributed by atoms with van der Waals surface area (Å²) >= 11 is 0. The van der Waals surface area contributed by atoms with Gasteiger partial charge in [-0.3, -0.25) is 9.59 Å². The van der Waals surface area contributed by atoms with Gasteiger partial charge in [-0.25, -0.2) is 0 Å². The number of aliphatic hydroxyl groups is 16. The van der Waals surface area contributed by atoms with Gasteiger partial charge in [0.2, 0.25) is 11.8 Å². The highest BCUT2D eigenvalue weighted by atomic mass is 16.8. The van der Waals surface area contributed by atoms with E-state index in [2.05, 4.69) is 17.6 Å². The van der Waals surface area contributed by atoms with Crippen LogP contribution >= 0.6 is 0 Å². The third-order valence-electron chi connectivity index (χ3n) is 15.2. The highest BCUT2D eigenvalue weighted by Gasteiger charge is 2.57. The normalized spacial score (nSPS) is 40.8. The minimum absolute atomic E-state index is 0.445. The third-order valence-corrected chi connectivity index (χ3v) is 15.2. The molecule has 0 bridgehead atoms. The second-order valence-electron chi connectivity index (χ2n) is 21.5. The predicted molar refractivity (Wildman–Crippen MR) is 276 cm³/mol. The lowest BCUT2D eigenvalue weighted by molar-refractivity contribution is -0.386. The minimum atomic E-state index is -2.14. The van der Waals surface area contributed by atoms with Crippen molar-refractivity contribution in [2.45, 2.75) is 263 Å². The molecule has 82 heavy (non-hydrogen) atoms. The molecule has 5 aliphatic heterocycles. The number of hydrogen-bond donors (Lipinski definition) is 18. The number of amides is 2. The molecular weight excluding hydrogens is 1100 g/mol. The van der Waals surface area contributed by atoms with E-state index in [1.54, 1.807) is 6.08 Å². The van der Waals surface area contributed by atoms with Crippen molar-refractivity contribution in [2.75, 3.05) is 39.6 Å². The molecule has 0 aromatic heterocycles. The van der Waals surface area contributed by atoms with E-state index in [4.69, 9.17) is 47.4 Å². The number of carbonyl (C=O) groups is 2. The Labute approximate surface area is 475 Å². The lowest BCUT2D eigenvalue weighted by Crippen LogP contribution is -2.70. The Kier molecular flexibility index (Phi) is 29.9. The van der Waals surface area contributed by atoms with Crippen LogP contribution in [0, 0.1) is 0 Å². The van der Waals surface area contributed by atoms with Crippen molar-refractivity contribution in [1.29, 1.82) is 0 Å². The molecule has 5 aliphatic rings. The monoisotopic (exact) mass is 1190 g/mol. The Morgan fingerprint density at radius 3 is 1.34 bits per heavy atom. The summed E-state index contributed by atoms with van der Waals surface area (Å²) in [5, 5.41) is 178. The van der Waals surface area contributed by atoms with Crippen molar-refractivity contribution < 1.29 is 139 Å². The van der Waals surface area contributed by atoms with Gasteiger partial charge in [0.05, 0.1) is 51.8 Å². The van der Waals surface area contributed by atoms with Crippen LogP contribution < -0.4 is 10.6 Å². The SMILES string of the molecule is CCCCCCCCCCCCC/C=C/[C@@H](O)[C@H](CO[C@@H]1O[C@H](CO)[C@@H](O[C@@H]2O[C@H](CO)[C@H](O)[C@H](O[C@@H]3O[C@H](CO)[C@@H](O[C@@H]4O[C@H](CO)[C@H](O[C@@H]5O[C@H](CO)[C@H](O)[C@H](O)[C@H]5O)[C@H](O)[C@H]4O)[C@H](O)[C@H]3NC(C)=O)[C@H]2O)[C@H](O)[C@H]1O)NC(C)=O. The number of aliphatic hydroxyl groups excluding tert-OH is 16. The lowest BCUT2D eigenvalue weighted by Gasteiger charge is -2.50. The molecule has 30 heteroatoms. The second-order valence-corrected chi connectivity index (χ2v) is 21.5. The van der Waals surface area contributed by atoms with Crippen molar-refractivity contribution >= 4 is 11.8 Å². The fourth-order valence-corrected chi connectivity index (χ4v) is 10.5. The fraction of sp³-hybridized carbons (Fsp3) is 0.923. The summed E-state index contributed by atoms with van der Waals surface area (Å²) in [6.07, 6.45) is -28.8. The Bertz CT molecular complexity index is 1860. The number of rotatable bonds is 32. The first kappa shape index (κ1) is 70.4. The van der Waals surface area contributed by atoms with Crippen LogP contribution in [0.15, 0.2) is 12.2 Å². The number of carbonyl (C=O) groups excluding carboxylic acids is 2. The van der Waals surface area contributed by atoms with E-state index in [1.165, 1.54) is 57.9 Å². The summed E-state index contributed by atoms with van der Waals surface area (Å²) in [6, 6.07) is -2.79. The molecule has 0 saturated carbocycles. The van der Waals surface area contributed by atoms with Gasteiger partial charge in [0.25, 0.3) is 0 Å². The molecule has 0 spiro atoms. The van der Waals surface area contributed by atoms with Gasteiger partial charge >= 0.3 is 0 Å². The summed E-state index contributed by atoms with van der Waals surface area (Å²) in [7, 11) is 0. The van der Waals surface area contributed by atoms with Crippen molar-refractivity contribution in [1.82, 2.24) is 10.6 Å². The van der Waals surface area contributed by atoms with Gasteiger partial charge in [-0.15, -0.1) is 0 Å². The molecule has 5 rings (SSSR count). The van der Waals surface area contributed by atoms with Crippen molar-refractivity contribution in [2.24, 2.45) is 0 Å². The maximum Gasteiger partial charge on any atom is 0.217 e. The van der Waals surface area contributed by atoms with Crippen LogP contribution in [0.5, 0.6) is 0 Å². The van der Waals surface area contributed by atoms with Crippen LogP contribution in [-0.4, -0.2) is 299 Å². The Morgan fingerprint density at radius 2 is 0.854 bits per heavy atom. The molecule has 0 aliphatic carbocycles. The van der Waals surface area contributed by atoms with E-state index in [-0.39, 0.29) is 0 Å². The first-order chi connectivity index (χ1) is 39.2. The molecule has 0 radical (unpaired) electrons. The number of hydrogen-bond acceptors (Lipinski definition) is 28. The van der Waals surface area contributed by atoms with Gasteiger partial charge in [-0.05, 0) is 12.8 Å². The molecule has 18 N–H and O–H groups in total. The summed E-state index contributed by atoms with van der Waals surface area (Å²) < 4.78 is 57.4. The predicted octanol–water partition coefficient (Wildman–Crippen LogP) is -6.63. The molecule has 478 valence electrons. The second kappa shape index (κ2) is 34.8. The molecule has 2 amide bonds. The molecule has 5 fully saturated rings. The van der Waals surface area contributed by atoms with E-state index < -0.39 is 217 Å². The van der Waals surface area contributed by atoms with Gasteiger partial charge in [-0.2, -0.15) is 0 Å². The van der Waals surface area contributed by atoms with Gasteiger partial charge in [-0.1, -0.05) is 83.3 Å². The van der Waals surface area contributed by atoms with E-state index in [1.807, 2.05) is 0 Å². The fourth-order valence-electron chi connectivity index (χ4n) is 10.5. The smallest absolute Gasteiger partial charge is 0.217 e. The van der Waals surface area contributed by atoms with E-state index in [9.17, 15) is 91.3 Å². The summed E-state index contributed by atoms with van der Waals surface area (Å²) in [5.74, 6) is -1.33. The summed E-state index contributed by atoms with van der Waals surface area (Å²) in [4.78, 5) is 24.7. The van der Waals surface area contributed by atoms with Gasteiger partial charge in [0, 0.05) is 13.8 Å². The Hall–Kier alpha value is -2.36. The number of allylic oxidation sites excluding steroid dienone is 1. The average Bonchev–Trinajstić information content (AvgIpc) is 3.65. The Morgan fingerprint density at radius 1 is 0.451 bits per heavy atom. The molecule has 27 atom stereocenters. The van der Waals surface area contributed by atoms with Gasteiger partial charge in [0.1, 0.15) is 122 Å². The standard InChI is InChI=1S/C52H92N2O28/c1-4-5-6-7-8-9-10-11-12-13-14-15-16-17-27(62)26(53-24(2)60)23-73-49-41(70)38(67)45(31(21-58)77-49)81-52-43(72)47(35(64)29(19-56)75-52)82-48-33(54-25(3)61)36(65)44(30(20-57)76-48)79-51-42(71)39(68)46(32(22-59)78-51)80-50-40(69)37(66)34(63)28(18-55)74-50/h16-17,26-52,55-59,62-72H,4-15,18-23H2,1-3H3,(H,53,60)(H,54,61)/b17-16+/t26-,27+,28+,29+,30+,31+,32+,33+,34-,35-,36+,37-,38+,39+,40+,41+,42+,43+,44+,45+,46-,47-,48-,49+,50-,51-,52-/m0/s1. The molecule has 30 nitrogen and oxygen atoms in total. The molecule has 5 heterocycles. The highest BCUT2D eigenvalue weighted by Crippen LogP contribution is 2.36. The van der Waals surface area contributed by atoms with Crippen molar-refractivity contribution in [3.8, 4) is 0 Å². The van der Waals surface area contributed by atoms with Crippen LogP contribution in [0.25, 0.3) is 0 Å². The third kappa shape index (κ3) is 18.8. The zero-order valence-electron chi connectivity index (χ0n) is 46.5. The Balaban J connectivity index is 1.20. The first-order valence-corrected chi connectivity index (χ1v) is 28.4. The van der Waals surface area contributed by atoms with Crippen LogP contribution in [0.4, 0.5) is 0 Å². The molecular formula is C52H92N2O28. The highest BCUT2D eigenvalue weighted by molar-refractivity contribution is 5.73. The quantitative estimate of drug-likeness (QED) is 0.0220. The molecule has 5 saturated heterocycles. The van der Waals surface area contributed by atoms with E-state index in [0.717, 1.165) is 32.6 Å². The molecule has 0 aromatic rings. The largest absolute Gasteiger partial charge is 0.394 e. The van der Waals surface area contributed by atoms with Crippen molar-refractivity contribution in [3.63, 3.8) is 0 Å². The van der Waals surface area contributed by atoms with Crippen LogP contribution in [0.3, 0.4) is 0 Å². The summed E-state index contributed by atoms with van der Waals surface area (Å²) in [5.41, 5.74) is 0. The number of unbranched alkanes of at least 4 members (excludes halogenated alkanes) is 11. The van der Waals surface area contributed by atoms with Crippen LogP contribution in [-0.2, 0) is 57.0 Å². The van der Waals surface area contributed by atoms with Crippen LogP contribution in [0.1, 0.15) is 97.8 Å². The van der Waals surface area contributed by atoms with Crippen molar-refractivity contribution in [3.05, 3.63) is 12.2 Å². The van der Waals surface area contributed by atoms with E-state index >= 15 is 0 Å². The zero-order valence-corrected chi connectivity index (χ0v) is 46.5. The average molecular weight is 1190 g/mol. The zero-order chi connectivity index (χ0) is 60.4. The van der Waals surface area contributed by atoms with E-state index in [0.29, 0.717) is 6.42 Å². The topological polar surface area (TPSA) is 474 Å².